The second kappa shape index (κ2) is 4.18. The molecule has 0 radical (unpaired) electrons. The Hall–Kier alpha value is 0.892. The van der Waals surface area contributed by atoms with Gasteiger partial charge in [0.2, 0.25) is 0 Å². The monoisotopic (exact) mass is 411 g/mol. The first-order valence-electron chi connectivity index (χ1n) is 4.08. The van der Waals surface area contributed by atoms with E-state index in [-0.39, 0.29) is 56.0 Å². The number of aliphatic hydroxyl groups excluding tert-OH is 1. The molecule has 13 heavy (non-hydrogen) atoms. The number of hydrogen-bond acceptors (Lipinski definition) is 4. The topological polar surface area (TPSA) is 47.9 Å². The Morgan fingerprint density at radius 3 is 2.69 bits per heavy atom. The van der Waals surface area contributed by atoms with Crippen LogP contribution in [-0.4, -0.2) is 35.8 Å². The van der Waals surface area contributed by atoms with E-state index in [0.717, 1.165) is 0 Å². The van der Waals surface area contributed by atoms with Crippen molar-refractivity contribution in [3.63, 3.8) is 0 Å². The minimum Gasteiger partial charge on any atom is -0.544 e. The van der Waals surface area contributed by atoms with Gasteiger partial charge in [-0.25, -0.2) is 0 Å². The van der Waals surface area contributed by atoms with E-state index in [0.29, 0.717) is 0 Å². The first kappa shape index (κ1) is 12.0. The maximum absolute atomic E-state index is 8.90. The van der Waals surface area contributed by atoms with Gasteiger partial charge in [-0.15, -0.1) is 0 Å². The standard InChI is InChI=1S/C8H13O4.U/c1-8(2)11-6-4-10-5(3-9)7(6)12-8;/h4-7,9H,3H2,1-2H3;/q-1;/t5-,6?,7?;/m1./s1. The Morgan fingerprint density at radius 2 is 2.08 bits per heavy atom. The Labute approximate surface area is 101 Å². The van der Waals surface area contributed by atoms with Gasteiger partial charge >= 0.3 is 0 Å². The molecular formula is C8H13O4U-. The summed E-state index contributed by atoms with van der Waals surface area (Å²) in [6.07, 6.45) is -0.543. The van der Waals surface area contributed by atoms with E-state index < -0.39 is 5.79 Å². The van der Waals surface area contributed by atoms with E-state index in [1.807, 2.05) is 13.8 Å². The zero-order chi connectivity index (χ0) is 8.77. The third kappa shape index (κ3) is 2.28. The fraction of sp³-hybridized carbons (Fsp3) is 0.875. The summed E-state index contributed by atoms with van der Waals surface area (Å²) >= 11 is 0. The molecule has 0 amide bonds. The molecule has 2 fully saturated rings. The van der Waals surface area contributed by atoms with Crippen molar-refractivity contribution < 1.29 is 50.4 Å². The molecule has 74 valence electrons. The Kier molecular flexibility index (Phi) is 3.84. The first-order valence-corrected chi connectivity index (χ1v) is 4.08. The number of aliphatic hydroxyl groups is 1. The molecule has 0 saturated carbocycles. The SMILES string of the molecule is CC1(C)OC2[CH-]O[C@H](CO)C2O1.[U]. The molecule has 0 spiro atoms. The van der Waals surface area contributed by atoms with Crippen LogP contribution in [0.25, 0.3) is 0 Å². The van der Waals surface area contributed by atoms with Crippen LogP contribution in [0.1, 0.15) is 13.8 Å². The van der Waals surface area contributed by atoms with Crippen molar-refractivity contribution in [2.45, 2.75) is 37.9 Å². The van der Waals surface area contributed by atoms with Gasteiger partial charge in [-0.2, -0.15) is 6.61 Å². The summed E-state index contributed by atoms with van der Waals surface area (Å²) in [5.74, 6) is -0.553. The second-order valence-electron chi connectivity index (χ2n) is 3.56. The van der Waals surface area contributed by atoms with Crippen LogP contribution in [0.3, 0.4) is 0 Å². The predicted molar refractivity (Wildman–Crippen MR) is 40.1 cm³/mol. The van der Waals surface area contributed by atoms with Crippen molar-refractivity contribution in [1.29, 1.82) is 0 Å². The Bertz CT molecular complexity index is 185. The van der Waals surface area contributed by atoms with Gasteiger partial charge in [-0.3, -0.25) is 0 Å². The van der Waals surface area contributed by atoms with Crippen LogP contribution >= 0.6 is 0 Å². The molecule has 0 aromatic heterocycles. The quantitative estimate of drug-likeness (QED) is 0.621. The molecule has 0 aliphatic carbocycles. The molecule has 2 unspecified atom stereocenters. The van der Waals surface area contributed by atoms with Crippen LogP contribution in [0.5, 0.6) is 0 Å². The summed E-state index contributed by atoms with van der Waals surface area (Å²) in [7, 11) is 0. The fourth-order valence-electron chi connectivity index (χ4n) is 1.61. The third-order valence-electron chi connectivity index (χ3n) is 2.10. The van der Waals surface area contributed by atoms with Gasteiger partial charge in [-0.05, 0) is 20.0 Å². The van der Waals surface area contributed by atoms with Crippen molar-refractivity contribution in [3.8, 4) is 0 Å². The maximum Gasteiger partial charge on any atom is 0.160 e. The van der Waals surface area contributed by atoms with Gasteiger partial charge in [0.15, 0.2) is 5.79 Å². The molecule has 0 aromatic rings. The van der Waals surface area contributed by atoms with E-state index >= 15 is 0 Å². The van der Waals surface area contributed by atoms with E-state index in [1.165, 1.54) is 0 Å². The molecule has 2 aliphatic heterocycles. The first-order chi connectivity index (χ1) is 5.62. The van der Waals surface area contributed by atoms with Gasteiger partial charge in [0, 0.05) is 31.1 Å². The van der Waals surface area contributed by atoms with Gasteiger partial charge in [0.1, 0.15) is 0 Å². The van der Waals surface area contributed by atoms with Crippen LogP contribution in [-0.2, 0) is 14.2 Å². The van der Waals surface area contributed by atoms with Crippen molar-refractivity contribution in [1.82, 2.24) is 0 Å². The van der Waals surface area contributed by atoms with Gasteiger partial charge in [0.25, 0.3) is 0 Å². The van der Waals surface area contributed by atoms with Crippen molar-refractivity contribution in [3.05, 3.63) is 6.61 Å². The molecule has 4 nitrogen and oxygen atoms in total. The number of fused-ring (bicyclic) bond motifs is 1. The number of hydrogen-bond donors (Lipinski definition) is 1. The van der Waals surface area contributed by atoms with Crippen molar-refractivity contribution in [2.24, 2.45) is 0 Å². The zero-order valence-corrected chi connectivity index (χ0v) is 11.9. The zero-order valence-electron chi connectivity index (χ0n) is 7.69. The van der Waals surface area contributed by atoms with Crippen molar-refractivity contribution >= 4 is 0 Å². The maximum atomic E-state index is 8.90. The Balaban J connectivity index is 0.000000845. The minimum atomic E-state index is -0.553. The van der Waals surface area contributed by atoms with Crippen LogP contribution in [0.2, 0.25) is 0 Å². The number of ether oxygens (including phenoxy) is 3. The van der Waals surface area contributed by atoms with Gasteiger partial charge in [-0.1, -0.05) is 0 Å². The molecule has 2 heterocycles. The number of rotatable bonds is 1. The molecule has 5 heteroatoms. The Morgan fingerprint density at radius 1 is 1.38 bits per heavy atom. The summed E-state index contributed by atoms with van der Waals surface area (Å²) < 4.78 is 16.2. The molecule has 2 aliphatic rings. The van der Waals surface area contributed by atoms with Crippen molar-refractivity contribution in [2.75, 3.05) is 6.61 Å². The minimum absolute atomic E-state index is 0. The molecule has 1 N–H and O–H groups in total. The molecule has 2 rings (SSSR count). The normalized spacial score (nSPS) is 41.3. The molecule has 0 aromatic carbocycles. The largest absolute Gasteiger partial charge is 0.544 e. The van der Waals surface area contributed by atoms with Gasteiger partial charge in [0.05, 0.1) is 18.8 Å². The summed E-state index contributed by atoms with van der Waals surface area (Å²) in [4.78, 5) is 0. The average molecular weight is 411 g/mol. The molecule has 0 bridgehead atoms. The van der Waals surface area contributed by atoms with Crippen LogP contribution in [0.4, 0.5) is 0 Å². The van der Waals surface area contributed by atoms with Gasteiger partial charge < -0.3 is 19.3 Å². The second-order valence-corrected chi connectivity index (χ2v) is 3.56. The summed E-state index contributed by atoms with van der Waals surface area (Å²) in [6, 6.07) is 0. The van der Waals surface area contributed by atoms with E-state index in [1.54, 1.807) is 6.61 Å². The average Bonchev–Trinajstić information content (AvgIpc) is 2.42. The smallest absolute Gasteiger partial charge is 0.160 e. The van der Waals surface area contributed by atoms with Crippen LogP contribution in [0.15, 0.2) is 0 Å². The summed E-state index contributed by atoms with van der Waals surface area (Å²) in [5, 5.41) is 8.90. The predicted octanol–water partition coefficient (Wildman–Crippen LogP) is 0.0594. The third-order valence-corrected chi connectivity index (χ3v) is 2.10. The summed E-state index contributed by atoms with van der Waals surface area (Å²) in [6.45, 7) is 5.28. The molecule has 2 saturated heterocycles. The van der Waals surface area contributed by atoms with E-state index in [4.69, 9.17) is 19.3 Å². The van der Waals surface area contributed by atoms with E-state index in [9.17, 15) is 0 Å². The fourth-order valence-corrected chi connectivity index (χ4v) is 1.61. The van der Waals surface area contributed by atoms with Crippen LogP contribution < -0.4 is 0 Å². The van der Waals surface area contributed by atoms with Crippen LogP contribution in [0, 0.1) is 37.7 Å². The molecule has 3 atom stereocenters. The molecular weight excluding hydrogens is 398 g/mol. The summed E-state index contributed by atoms with van der Waals surface area (Å²) in [5.41, 5.74) is 0. The van der Waals surface area contributed by atoms with E-state index in [2.05, 4.69) is 0 Å².